The first-order valence-electron chi connectivity index (χ1n) is 6.79. The van der Waals surface area contributed by atoms with Gasteiger partial charge in [0.1, 0.15) is 5.69 Å². The van der Waals surface area contributed by atoms with Crippen LogP contribution >= 0.6 is 0 Å². The number of aliphatic hydroxyl groups is 1. The minimum atomic E-state index is -4.56. The third kappa shape index (κ3) is 3.41. The van der Waals surface area contributed by atoms with E-state index in [9.17, 15) is 23.1 Å². The van der Waals surface area contributed by atoms with E-state index < -0.39 is 23.4 Å². The van der Waals surface area contributed by atoms with Crippen molar-refractivity contribution in [3.05, 3.63) is 17.5 Å². The van der Waals surface area contributed by atoms with Crippen LogP contribution < -0.4 is 0 Å². The molecular weight excluding hydrogens is 301 g/mol. The van der Waals surface area contributed by atoms with Crippen molar-refractivity contribution < 1.29 is 23.1 Å². The summed E-state index contributed by atoms with van der Waals surface area (Å²) < 4.78 is 38.9. The first-order valence-corrected chi connectivity index (χ1v) is 6.79. The van der Waals surface area contributed by atoms with Crippen molar-refractivity contribution in [2.75, 3.05) is 33.7 Å². The van der Waals surface area contributed by atoms with Crippen molar-refractivity contribution in [3.63, 3.8) is 0 Å². The molecule has 2 rings (SSSR count). The van der Waals surface area contributed by atoms with Crippen molar-refractivity contribution >= 4 is 5.91 Å². The summed E-state index contributed by atoms with van der Waals surface area (Å²) in [6.45, 7) is 0.760. The van der Waals surface area contributed by atoms with Gasteiger partial charge in [-0.05, 0) is 20.5 Å². The number of carbonyl (C=O) groups excluding carboxylic acids is 1. The fourth-order valence-corrected chi connectivity index (χ4v) is 2.75. The number of nitrogens with zero attached hydrogens (tertiary/aromatic N) is 4. The molecule has 1 atom stereocenters. The molecule has 1 aliphatic rings. The van der Waals surface area contributed by atoms with Crippen LogP contribution in [-0.2, 0) is 13.2 Å². The minimum Gasteiger partial charge on any atom is -0.387 e. The van der Waals surface area contributed by atoms with Crippen LogP contribution in [0.5, 0.6) is 0 Å². The van der Waals surface area contributed by atoms with Gasteiger partial charge in [0, 0.05) is 26.2 Å². The Morgan fingerprint density at radius 2 is 2.14 bits per heavy atom. The predicted octanol–water partition coefficient (Wildman–Crippen LogP) is 0.577. The Labute approximate surface area is 126 Å². The molecule has 1 aromatic rings. The zero-order chi connectivity index (χ0) is 16.7. The lowest BCUT2D eigenvalue weighted by molar-refractivity contribution is -0.143. The molecule has 0 aliphatic carbocycles. The second-order valence-electron chi connectivity index (χ2n) is 5.98. The van der Waals surface area contributed by atoms with Crippen molar-refractivity contribution in [2.45, 2.75) is 18.2 Å². The van der Waals surface area contributed by atoms with Crippen LogP contribution in [0, 0.1) is 0 Å². The topological polar surface area (TPSA) is 61.6 Å². The first-order chi connectivity index (χ1) is 10.0. The smallest absolute Gasteiger partial charge is 0.387 e. The van der Waals surface area contributed by atoms with Gasteiger partial charge in [-0.25, -0.2) is 0 Å². The third-order valence-corrected chi connectivity index (χ3v) is 3.62. The molecule has 0 radical (unpaired) electrons. The lowest BCUT2D eigenvalue weighted by atomic mass is 10.0. The molecule has 0 bridgehead atoms. The number of halogens is 3. The normalized spacial score (nSPS) is 22.6. The van der Waals surface area contributed by atoms with Crippen LogP contribution in [0.2, 0.25) is 0 Å². The van der Waals surface area contributed by atoms with Gasteiger partial charge in [-0.15, -0.1) is 0 Å². The number of likely N-dealkylation sites (tertiary alicyclic amines) is 1. The molecule has 1 aromatic heterocycles. The SMILES string of the molecule is CN(C)C[C@@]1(O)CCN(C(=O)c2cc(C(F)(F)F)n(C)n2)C1. The maximum Gasteiger partial charge on any atom is 0.433 e. The third-order valence-electron chi connectivity index (χ3n) is 3.62. The number of hydrogen-bond acceptors (Lipinski definition) is 4. The van der Waals surface area contributed by atoms with Gasteiger partial charge in [-0.3, -0.25) is 9.48 Å². The molecule has 0 aromatic carbocycles. The van der Waals surface area contributed by atoms with E-state index in [-0.39, 0.29) is 12.2 Å². The van der Waals surface area contributed by atoms with Crippen molar-refractivity contribution in [1.29, 1.82) is 0 Å². The van der Waals surface area contributed by atoms with Gasteiger partial charge < -0.3 is 14.9 Å². The van der Waals surface area contributed by atoms with Crippen molar-refractivity contribution in [3.8, 4) is 0 Å². The predicted molar refractivity (Wildman–Crippen MR) is 72.2 cm³/mol. The van der Waals surface area contributed by atoms with Crippen molar-refractivity contribution in [1.82, 2.24) is 19.6 Å². The molecule has 124 valence electrons. The maximum atomic E-state index is 12.7. The van der Waals surface area contributed by atoms with E-state index in [1.165, 1.54) is 4.90 Å². The first kappa shape index (κ1) is 16.8. The van der Waals surface area contributed by atoms with Crippen LogP contribution in [0.15, 0.2) is 6.07 Å². The zero-order valence-electron chi connectivity index (χ0n) is 12.7. The molecule has 1 saturated heterocycles. The van der Waals surface area contributed by atoms with E-state index in [2.05, 4.69) is 5.10 Å². The number of likely N-dealkylation sites (N-methyl/N-ethyl adjacent to an activating group) is 1. The number of rotatable bonds is 3. The number of hydrogen-bond donors (Lipinski definition) is 1. The number of aromatic nitrogens is 2. The number of carbonyl (C=O) groups is 1. The molecular formula is C13H19F3N4O2. The van der Waals surface area contributed by atoms with Crippen molar-refractivity contribution in [2.24, 2.45) is 7.05 Å². The molecule has 0 spiro atoms. The van der Waals surface area contributed by atoms with Gasteiger partial charge in [-0.1, -0.05) is 0 Å². The number of alkyl halides is 3. The summed E-state index contributed by atoms with van der Waals surface area (Å²) in [5.41, 5.74) is -2.27. The molecule has 0 saturated carbocycles. The summed E-state index contributed by atoms with van der Waals surface area (Å²) in [5.74, 6) is -0.596. The number of β-amino-alcohol motifs (C(OH)–C–C–N with tert-alkyl or cyclic N) is 1. The fourth-order valence-electron chi connectivity index (χ4n) is 2.75. The second-order valence-corrected chi connectivity index (χ2v) is 5.98. The van der Waals surface area contributed by atoms with Crippen LogP contribution in [0.1, 0.15) is 22.6 Å². The lowest BCUT2D eigenvalue weighted by Crippen LogP contribution is -2.43. The molecule has 1 N–H and O–H groups in total. The molecule has 1 fully saturated rings. The van der Waals surface area contributed by atoms with E-state index in [4.69, 9.17) is 0 Å². The Bertz CT molecular complexity index is 570. The summed E-state index contributed by atoms with van der Waals surface area (Å²) in [4.78, 5) is 15.4. The summed E-state index contributed by atoms with van der Waals surface area (Å²) in [6.07, 6.45) is -4.17. The Morgan fingerprint density at radius 3 is 2.64 bits per heavy atom. The van der Waals surface area contributed by atoms with E-state index in [1.807, 2.05) is 0 Å². The van der Waals surface area contributed by atoms with Crippen LogP contribution in [-0.4, -0.2) is 69.9 Å². The minimum absolute atomic E-state index is 0.0853. The highest BCUT2D eigenvalue weighted by Crippen LogP contribution is 2.30. The van der Waals surface area contributed by atoms with Gasteiger partial charge in [0.2, 0.25) is 0 Å². The fraction of sp³-hybridized carbons (Fsp3) is 0.692. The maximum absolute atomic E-state index is 12.7. The van der Waals surface area contributed by atoms with E-state index >= 15 is 0 Å². The molecule has 1 aliphatic heterocycles. The second kappa shape index (κ2) is 5.54. The summed E-state index contributed by atoms with van der Waals surface area (Å²) in [6, 6.07) is 0.742. The Balaban J connectivity index is 2.14. The quantitative estimate of drug-likeness (QED) is 0.885. The van der Waals surface area contributed by atoms with E-state index in [0.717, 1.165) is 13.1 Å². The Kier molecular flexibility index (Phi) is 4.22. The van der Waals surface area contributed by atoms with Crippen LogP contribution in [0.25, 0.3) is 0 Å². The van der Waals surface area contributed by atoms with Gasteiger partial charge in [0.05, 0.1) is 12.1 Å². The summed E-state index contributed by atoms with van der Waals surface area (Å²) >= 11 is 0. The zero-order valence-corrected chi connectivity index (χ0v) is 12.7. The standard InChI is InChI=1S/C13H19F3N4O2/c1-18(2)7-12(22)4-5-20(8-12)11(21)9-6-10(13(14,15)16)19(3)17-9/h6,22H,4-5,7-8H2,1-3H3/t12-/m0/s1. The van der Waals surface area contributed by atoms with E-state index in [1.54, 1.807) is 19.0 Å². The summed E-state index contributed by atoms with van der Waals surface area (Å²) in [7, 11) is 4.75. The number of aryl methyl sites for hydroxylation is 1. The summed E-state index contributed by atoms with van der Waals surface area (Å²) in [5, 5.41) is 14.0. The largest absolute Gasteiger partial charge is 0.433 e. The Morgan fingerprint density at radius 1 is 1.50 bits per heavy atom. The average Bonchev–Trinajstić information content (AvgIpc) is 2.90. The van der Waals surface area contributed by atoms with Crippen LogP contribution in [0.3, 0.4) is 0 Å². The molecule has 22 heavy (non-hydrogen) atoms. The highest BCUT2D eigenvalue weighted by atomic mass is 19.4. The van der Waals surface area contributed by atoms with Gasteiger partial charge >= 0.3 is 6.18 Å². The number of amides is 1. The average molecular weight is 320 g/mol. The highest BCUT2D eigenvalue weighted by molar-refractivity contribution is 5.92. The molecule has 9 heteroatoms. The molecule has 6 nitrogen and oxygen atoms in total. The highest BCUT2D eigenvalue weighted by Gasteiger charge is 2.41. The van der Waals surface area contributed by atoms with Gasteiger partial charge in [-0.2, -0.15) is 18.3 Å². The monoisotopic (exact) mass is 320 g/mol. The van der Waals surface area contributed by atoms with Crippen LogP contribution in [0.4, 0.5) is 13.2 Å². The molecule has 1 amide bonds. The molecule has 0 unspecified atom stereocenters. The molecule has 2 heterocycles. The lowest BCUT2D eigenvalue weighted by Gasteiger charge is -2.26. The van der Waals surface area contributed by atoms with Gasteiger partial charge in [0.15, 0.2) is 5.69 Å². The van der Waals surface area contributed by atoms with Gasteiger partial charge in [0.25, 0.3) is 5.91 Å². The van der Waals surface area contributed by atoms with E-state index in [0.29, 0.717) is 24.2 Å². The Hall–Kier alpha value is -1.61.